The van der Waals surface area contributed by atoms with Crippen LogP contribution in [0.4, 0.5) is 0 Å². The van der Waals surface area contributed by atoms with Crippen molar-refractivity contribution in [2.75, 3.05) is 0 Å². The van der Waals surface area contributed by atoms with Gasteiger partial charge in [0.15, 0.2) is 0 Å². The van der Waals surface area contributed by atoms with Crippen LogP contribution in [0.25, 0.3) is 22.3 Å². The van der Waals surface area contributed by atoms with E-state index < -0.39 is 0 Å². The summed E-state index contributed by atoms with van der Waals surface area (Å²) in [5.74, 6) is -0.119. The number of hydrogen-bond donors (Lipinski definition) is 1. The molecule has 0 fully saturated rings. The third-order valence-electron chi connectivity index (χ3n) is 3.86. The van der Waals surface area contributed by atoms with Crippen molar-refractivity contribution in [2.45, 2.75) is 13.1 Å². The molecule has 1 aromatic carbocycles. The molecule has 1 N–H and O–H groups in total. The molecule has 0 unspecified atom stereocenters. The Morgan fingerprint density at radius 2 is 2.00 bits per heavy atom. The number of para-hydroxylation sites is 2. The van der Waals surface area contributed by atoms with Gasteiger partial charge in [-0.25, -0.2) is 4.98 Å². The van der Waals surface area contributed by atoms with Crippen LogP contribution >= 0.6 is 0 Å². The molecule has 0 bridgehead atoms. The van der Waals surface area contributed by atoms with Crippen molar-refractivity contribution in [3.8, 4) is 11.3 Å². The fraction of sp³-hybridized carbons (Fsp3) is 0.111. The molecule has 0 aliphatic rings. The Labute approximate surface area is 143 Å². The second-order valence-electron chi connectivity index (χ2n) is 5.50. The molecular weight excluding hydrogens is 318 g/mol. The van der Waals surface area contributed by atoms with Gasteiger partial charge >= 0.3 is 0 Å². The zero-order valence-electron chi connectivity index (χ0n) is 13.3. The highest BCUT2D eigenvalue weighted by atomic mass is 16.3. The van der Waals surface area contributed by atoms with Crippen molar-refractivity contribution >= 4 is 16.9 Å². The van der Waals surface area contributed by atoms with E-state index in [0.29, 0.717) is 17.9 Å². The quantitative estimate of drug-likeness (QED) is 0.606. The summed E-state index contributed by atoms with van der Waals surface area (Å²) in [5, 5.41) is 2.88. The Hall–Kier alpha value is -3.48. The molecule has 25 heavy (non-hydrogen) atoms. The van der Waals surface area contributed by atoms with Crippen molar-refractivity contribution in [2.24, 2.45) is 0 Å². The number of amides is 1. The molecular formula is C18H15N5O2. The molecule has 0 radical (unpaired) electrons. The maximum Gasteiger partial charge on any atom is 0.240 e. The highest BCUT2D eigenvalue weighted by Gasteiger charge is 2.11. The van der Waals surface area contributed by atoms with Crippen LogP contribution in [0.1, 0.15) is 5.69 Å². The second kappa shape index (κ2) is 6.56. The van der Waals surface area contributed by atoms with Gasteiger partial charge in [-0.3, -0.25) is 14.8 Å². The number of rotatable bonds is 5. The fourth-order valence-electron chi connectivity index (χ4n) is 2.67. The van der Waals surface area contributed by atoms with Crippen molar-refractivity contribution in [3.63, 3.8) is 0 Å². The fourth-order valence-corrected chi connectivity index (χ4v) is 2.67. The number of nitrogens with zero attached hydrogens (tertiary/aromatic N) is 4. The van der Waals surface area contributed by atoms with Gasteiger partial charge in [-0.05, 0) is 18.2 Å². The molecule has 3 heterocycles. The van der Waals surface area contributed by atoms with Crippen LogP contribution < -0.4 is 5.32 Å². The normalized spacial score (nSPS) is 10.9. The molecule has 0 atom stereocenters. The van der Waals surface area contributed by atoms with Crippen molar-refractivity contribution in [1.29, 1.82) is 0 Å². The average Bonchev–Trinajstić information content (AvgIpc) is 3.31. The Bertz CT molecular complexity index is 1010. The molecule has 4 aromatic rings. The van der Waals surface area contributed by atoms with E-state index in [0.717, 1.165) is 16.6 Å². The standard InChI is InChI=1S/C18H15N5O2/c24-17(10-23-12-22-14-3-1-2-4-16(14)23)21-9-15-18(20-7-6-19-15)13-5-8-25-11-13/h1-8,11-12H,9-10H2,(H,21,24). The van der Waals surface area contributed by atoms with E-state index >= 15 is 0 Å². The van der Waals surface area contributed by atoms with E-state index in [4.69, 9.17) is 4.42 Å². The molecule has 0 spiro atoms. The zero-order valence-corrected chi connectivity index (χ0v) is 13.3. The van der Waals surface area contributed by atoms with E-state index in [1.54, 1.807) is 31.2 Å². The number of fused-ring (bicyclic) bond motifs is 1. The number of imidazole rings is 1. The number of carbonyl (C=O) groups excluding carboxylic acids is 1. The van der Waals surface area contributed by atoms with Gasteiger partial charge in [0.2, 0.25) is 5.91 Å². The van der Waals surface area contributed by atoms with Gasteiger partial charge in [0.1, 0.15) is 6.54 Å². The summed E-state index contributed by atoms with van der Waals surface area (Å²) in [5.41, 5.74) is 4.01. The molecule has 0 aliphatic heterocycles. The monoisotopic (exact) mass is 333 g/mol. The summed E-state index contributed by atoms with van der Waals surface area (Å²) in [6.45, 7) is 0.488. The second-order valence-corrected chi connectivity index (χ2v) is 5.50. The number of nitrogens with one attached hydrogen (secondary N) is 1. The summed E-state index contributed by atoms with van der Waals surface area (Å²) in [7, 11) is 0. The molecule has 0 aliphatic carbocycles. The smallest absolute Gasteiger partial charge is 0.240 e. The van der Waals surface area contributed by atoms with Crippen molar-refractivity contribution in [1.82, 2.24) is 24.8 Å². The minimum atomic E-state index is -0.119. The number of aromatic nitrogens is 4. The van der Waals surface area contributed by atoms with E-state index in [-0.39, 0.29) is 12.5 Å². The van der Waals surface area contributed by atoms with Gasteiger partial charge in [-0.1, -0.05) is 12.1 Å². The third kappa shape index (κ3) is 3.12. The highest BCUT2D eigenvalue weighted by Crippen LogP contribution is 2.19. The predicted molar refractivity (Wildman–Crippen MR) is 91.3 cm³/mol. The van der Waals surface area contributed by atoms with E-state index in [1.807, 2.05) is 34.9 Å². The molecule has 0 saturated heterocycles. The molecule has 7 heteroatoms. The predicted octanol–water partition coefficient (Wildman–Crippen LogP) is 2.40. The Kier molecular flexibility index (Phi) is 3.96. The highest BCUT2D eigenvalue weighted by molar-refractivity contribution is 5.80. The first-order chi connectivity index (χ1) is 12.3. The number of carbonyl (C=O) groups is 1. The molecule has 124 valence electrons. The van der Waals surface area contributed by atoms with Gasteiger partial charge < -0.3 is 14.3 Å². The molecule has 7 nitrogen and oxygen atoms in total. The number of hydrogen-bond acceptors (Lipinski definition) is 5. The lowest BCUT2D eigenvalue weighted by molar-refractivity contribution is -0.121. The summed E-state index contributed by atoms with van der Waals surface area (Å²) in [4.78, 5) is 25.2. The first kappa shape index (κ1) is 15.1. The summed E-state index contributed by atoms with van der Waals surface area (Å²) < 4.78 is 6.91. The van der Waals surface area contributed by atoms with Crippen LogP contribution in [0.2, 0.25) is 0 Å². The third-order valence-corrected chi connectivity index (χ3v) is 3.86. The number of benzene rings is 1. The molecule has 1 amide bonds. The molecule has 0 saturated carbocycles. The first-order valence-corrected chi connectivity index (χ1v) is 7.80. The Morgan fingerprint density at radius 1 is 1.12 bits per heavy atom. The van der Waals surface area contributed by atoms with Gasteiger partial charge in [0.05, 0.1) is 47.8 Å². The van der Waals surface area contributed by atoms with E-state index in [2.05, 4.69) is 20.3 Å². The minimum absolute atomic E-state index is 0.119. The first-order valence-electron chi connectivity index (χ1n) is 7.80. The van der Waals surface area contributed by atoms with Gasteiger partial charge in [0, 0.05) is 18.0 Å². The van der Waals surface area contributed by atoms with Crippen LogP contribution in [0, 0.1) is 0 Å². The topological polar surface area (TPSA) is 85.8 Å². The zero-order chi connectivity index (χ0) is 17.1. The maximum atomic E-state index is 12.3. The van der Waals surface area contributed by atoms with E-state index in [1.165, 1.54) is 0 Å². The van der Waals surface area contributed by atoms with Crippen molar-refractivity contribution in [3.05, 3.63) is 67.3 Å². The van der Waals surface area contributed by atoms with Crippen molar-refractivity contribution < 1.29 is 9.21 Å². The number of furan rings is 1. The van der Waals surface area contributed by atoms with E-state index in [9.17, 15) is 4.79 Å². The largest absolute Gasteiger partial charge is 0.472 e. The van der Waals surface area contributed by atoms with Gasteiger partial charge in [0.25, 0.3) is 0 Å². The summed E-state index contributed by atoms with van der Waals surface area (Å²) >= 11 is 0. The average molecular weight is 333 g/mol. The van der Waals surface area contributed by atoms with Gasteiger partial charge in [-0.15, -0.1) is 0 Å². The van der Waals surface area contributed by atoms with Crippen LogP contribution in [0.15, 0.2) is 66.0 Å². The van der Waals surface area contributed by atoms with Crippen LogP contribution in [-0.2, 0) is 17.9 Å². The molecule has 3 aromatic heterocycles. The lowest BCUT2D eigenvalue weighted by Gasteiger charge is -2.08. The maximum absolute atomic E-state index is 12.3. The lowest BCUT2D eigenvalue weighted by Crippen LogP contribution is -2.27. The van der Waals surface area contributed by atoms with Crippen LogP contribution in [0.3, 0.4) is 0 Å². The minimum Gasteiger partial charge on any atom is -0.472 e. The Morgan fingerprint density at radius 3 is 2.88 bits per heavy atom. The van der Waals surface area contributed by atoms with Gasteiger partial charge in [-0.2, -0.15) is 0 Å². The SMILES string of the molecule is O=C(Cn1cnc2ccccc21)NCc1nccnc1-c1ccoc1. The van der Waals surface area contributed by atoms with Crippen LogP contribution in [-0.4, -0.2) is 25.4 Å². The van der Waals surface area contributed by atoms with Crippen LogP contribution in [0.5, 0.6) is 0 Å². The molecule has 4 rings (SSSR count). The summed E-state index contributed by atoms with van der Waals surface area (Å²) in [6, 6.07) is 9.52. The lowest BCUT2D eigenvalue weighted by atomic mass is 10.2. The summed E-state index contributed by atoms with van der Waals surface area (Å²) in [6.07, 6.45) is 8.08. The Balaban J connectivity index is 1.46.